The zero-order valence-corrected chi connectivity index (χ0v) is 25.4. The second-order valence-electron chi connectivity index (χ2n) is 12.5. The van der Waals surface area contributed by atoms with Gasteiger partial charge < -0.3 is 24.8 Å². The lowest BCUT2D eigenvalue weighted by atomic mass is 9.62. The predicted octanol–water partition coefficient (Wildman–Crippen LogP) is 4.33. The van der Waals surface area contributed by atoms with Crippen molar-refractivity contribution in [3.63, 3.8) is 0 Å². The Morgan fingerprint density at radius 1 is 1.19 bits per heavy atom. The molecular weight excluding hydrogens is 562 g/mol. The van der Waals surface area contributed by atoms with E-state index in [2.05, 4.69) is 28.0 Å². The third-order valence-corrected chi connectivity index (χ3v) is 11.1. The molecule has 43 heavy (non-hydrogen) atoms. The summed E-state index contributed by atoms with van der Waals surface area (Å²) in [5.41, 5.74) is 12.0. The van der Waals surface area contributed by atoms with Crippen molar-refractivity contribution in [3.8, 4) is 23.5 Å². The summed E-state index contributed by atoms with van der Waals surface area (Å²) < 4.78 is 14.5. The van der Waals surface area contributed by atoms with Crippen molar-refractivity contribution in [2.24, 2.45) is 7.05 Å². The maximum atomic E-state index is 10.1. The molecule has 0 saturated carbocycles. The quantitative estimate of drug-likeness (QED) is 0.354. The molecule has 4 aromatic heterocycles. The molecule has 0 amide bonds. The van der Waals surface area contributed by atoms with Crippen LogP contribution >= 0.6 is 11.3 Å². The molecule has 11 nitrogen and oxygen atoms in total. The van der Waals surface area contributed by atoms with E-state index in [-0.39, 0.29) is 5.41 Å². The molecule has 2 aliphatic carbocycles. The number of rotatable bonds is 5. The molecule has 0 bridgehead atoms. The number of hydrogen-bond acceptors (Lipinski definition) is 11. The summed E-state index contributed by atoms with van der Waals surface area (Å²) in [5, 5.41) is 19.8. The summed E-state index contributed by atoms with van der Waals surface area (Å²) in [4.78, 5) is 15.8. The van der Waals surface area contributed by atoms with Crippen LogP contribution in [0.1, 0.15) is 77.0 Å². The maximum Gasteiger partial charge on any atom is 0.219 e. The van der Waals surface area contributed by atoms with Gasteiger partial charge in [-0.3, -0.25) is 4.68 Å². The first-order valence-electron chi connectivity index (χ1n) is 15.2. The Hall–Kier alpha value is -3.95. The molecule has 2 atom stereocenters. The number of anilines is 2. The smallest absolute Gasteiger partial charge is 0.219 e. The van der Waals surface area contributed by atoms with Crippen LogP contribution in [-0.2, 0) is 38.4 Å². The highest BCUT2D eigenvalue weighted by Crippen LogP contribution is 2.54. The molecule has 6 heterocycles. The number of fused-ring (bicyclic) bond motifs is 5. The molecule has 1 fully saturated rings. The highest BCUT2D eigenvalue weighted by molar-refractivity contribution is 7.16. The number of aryl methyl sites for hydroxylation is 2. The average Bonchev–Trinajstić information content (AvgIpc) is 3.82. The van der Waals surface area contributed by atoms with Crippen molar-refractivity contribution < 1.29 is 9.26 Å². The number of aromatic nitrogens is 5. The van der Waals surface area contributed by atoms with Crippen LogP contribution < -0.4 is 15.4 Å². The monoisotopic (exact) mass is 597 g/mol. The Bertz CT molecular complexity index is 1760. The van der Waals surface area contributed by atoms with Crippen molar-refractivity contribution in [3.05, 3.63) is 50.8 Å². The first-order chi connectivity index (χ1) is 20.9. The number of nitriles is 1. The normalized spacial score (nSPS) is 22.9. The van der Waals surface area contributed by atoms with Gasteiger partial charge in [-0.05, 0) is 70.5 Å². The SMILES string of the molecule is CN1CCC[C@H]1COc1cc(N2Cc3cnn(C)c3C2)nc(-c2onc3c2CCC[C@@]32CCCc3sc(N)c(C#N)c32)n1. The molecule has 8 rings (SSSR count). The van der Waals surface area contributed by atoms with Crippen molar-refractivity contribution in [2.45, 2.75) is 75.9 Å². The topological polar surface area (TPSA) is 135 Å². The van der Waals surface area contributed by atoms with Crippen LogP contribution in [0.25, 0.3) is 11.6 Å². The van der Waals surface area contributed by atoms with Crippen molar-refractivity contribution in [1.29, 1.82) is 5.26 Å². The number of likely N-dealkylation sites (tertiary alicyclic amines) is 1. The minimum atomic E-state index is -0.365. The third-order valence-electron chi connectivity index (χ3n) is 10.0. The predicted molar refractivity (Wildman–Crippen MR) is 162 cm³/mol. The number of thiophene rings is 1. The number of nitrogens with two attached hydrogens (primary N) is 1. The van der Waals surface area contributed by atoms with Gasteiger partial charge in [-0.2, -0.15) is 15.3 Å². The van der Waals surface area contributed by atoms with Gasteiger partial charge in [-0.1, -0.05) is 5.16 Å². The molecule has 1 spiro atoms. The first kappa shape index (κ1) is 26.7. The van der Waals surface area contributed by atoms with Crippen LogP contribution in [0, 0.1) is 11.3 Å². The summed E-state index contributed by atoms with van der Waals surface area (Å²) in [7, 11) is 4.13. The number of hydrogen-bond donors (Lipinski definition) is 1. The fourth-order valence-corrected chi connectivity index (χ4v) is 8.96. The lowest BCUT2D eigenvalue weighted by Crippen LogP contribution is -2.36. The van der Waals surface area contributed by atoms with Gasteiger partial charge in [0.1, 0.15) is 23.5 Å². The fourth-order valence-electron chi connectivity index (χ4n) is 7.80. The van der Waals surface area contributed by atoms with Crippen molar-refractivity contribution >= 4 is 22.2 Å². The summed E-state index contributed by atoms with van der Waals surface area (Å²) in [6.45, 7) is 3.10. The molecule has 2 N–H and O–H groups in total. The second-order valence-corrected chi connectivity index (χ2v) is 13.6. The maximum absolute atomic E-state index is 10.1. The van der Waals surface area contributed by atoms with E-state index >= 15 is 0 Å². The standard InChI is InChI=1S/C31H35N9O2S/c1-38-11-5-6-19(38)17-41-25-12-24(40-15-18-14-34-39(2)22(18)16-40)35-30(36-25)27-20-7-3-9-31(28(20)37-42-27)10-4-8-23-26(31)21(13-32)29(33)43-23/h12,14,19H,3-11,15-17,33H2,1-2H3/t19-,31-/m0/s1. The Labute approximate surface area is 254 Å². The van der Waals surface area contributed by atoms with Crippen LogP contribution in [0.3, 0.4) is 0 Å². The van der Waals surface area contributed by atoms with E-state index in [9.17, 15) is 5.26 Å². The van der Waals surface area contributed by atoms with Gasteiger partial charge in [0.25, 0.3) is 0 Å². The highest BCUT2D eigenvalue weighted by atomic mass is 32.1. The molecule has 0 radical (unpaired) electrons. The van der Waals surface area contributed by atoms with Gasteiger partial charge in [0, 0.05) is 47.1 Å². The lowest BCUT2D eigenvalue weighted by molar-refractivity contribution is 0.193. The third kappa shape index (κ3) is 4.16. The van der Waals surface area contributed by atoms with Gasteiger partial charge in [0.2, 0.25) is 17.5 Å². The molecule has 4 aromatic rings. The van der Waals surface area contributed by atoms with Crippen LogP contribution in [0.4, 0.5) is 10.8 Å². The summed E-state index contributed by atoms with van der Waals surface area (Å²) >= 11 is 1.56. The molecule has 4 aliphatic rings. The summed E-state index contributed by atoms with van der Waals surface area (Å²) in [6, 6.07) is 4.73. The Morgan fingerprint density at radius 3 is 2.84 bits per heavy atom. The van der Waals surface area contributed by atoms with Crippen LogP contribution in [0.5, 0.6) is 5.88 Å². The highest BCUT2D eigenvalue weighted by Gasteiger charge is 2.48. The lowest BCUT2D eigenvalue weighted by Gasteiger charge is -2.39. The number of nitrogen functional groups attached to an aromatic ring is 1. The van der Waals surface area contributed by atoms with Gasteiger partial charge >= 0.3 is 0 Å². The molecule has 0 unspecified atom stereocenters. The number of likely N-dealkylation sites (N-methyl/N-ethyl adjacent to an activating group) is 1. The molecule has 2 aliphatic heterocycles. The van der Waals surface area contributed by atoms with E-state index in [0.717, 1.165) is 80.7 Å². The zero-order chi connectivity index (χ0) is 29.3. The zero-order valence-electron chi connectivity index (χ0n) is 24.6. The Morgan fingerprint density at radius 2 is 2.05 bits per heavy atom. The van der Waals surface area contributed by atoms with E-state index in [1.165, 1.54) is 22.6 Å². The Balaban J connectivity index is 1.20. The van der Waals surface area contributed by atoms with E-state index < -0.39 is 0 Å². The van der Waals surface area contributed by atoms with Crippen LogP contribution in [0.15, 0.2) is 16.8 Å². The van der Waals surface area contributed by atoms with Crippen molar-refractivity contribution in [1.82, 2.24) is 29.8 Å². The summed E-state index contributed by atoms with van der Waals surface area (Å²) in [6.07, 6.45) is 9.85. The van der Waals surface area contributed by atoms with Crippen LogP contribution in [-0.4, -0.2) is 56.0 Å². The molecule has 0 aromatic carbocycles. The van der Waals surface area contributed by atoms with E-state index in [1.54, 1.807) is 11.3 Å². The molecular formula is C31H35N9O2S. The van der Waals surface area contributed by atoms with E-state index in [4.69, 9.17) is 30.1 Å². The van der Waals surface area contributed by atoms with E-state index in [1.807, 2.05) is 24.0 Å². The number of nitrogens with zero attached hydrogens (tertiary/aromatic N) is 8. The molecule has 222 valence electrons. The Kier molecular flexibility index (Phi) is 6.24. The minimum absolute atomic E-state index is 0.365. The number of ether oxygens (including phenoxy) is 1. The van der Waals surface area contributed by atoms with Crippen LogP contribution in [0.2, 0.25) is 0 Å². The van der Waals surface area contributed by atoms with E-state index in [0.29, 0.717) is 47.2 Å². The summed E-state index contributed by atoms with van der Waals surface area (Å²) in [5.74, 6) is 2.44. The van der Waals surface area contributed by atoms with Gasteiger partial charge in [0.15, 0.2) is 0 Å². The van der Waals surface area contributed by atoms with Crippen molar-refractivity contribution in [2.75, 3.05) is 30.8 Å². The van der Waals surface area contributed by atoms with Gasteiger partial charge in [-0.15, -0.1) is 11.3 Å². The molecule has 1 saturated heterocycles. The largest absolute Gasteiger partial charge is 0.476 e. The average molecular weight is 598 g/mol. The first-order valence-corrected chi connectivity index (χ1v) is 16.0. The minimum Gasteiger partial charge on any atom is -0.476 e. The fraction of sp³-hybridized carbons (Fsp3) is 0.516. The van der Waals surface area contributed by atoms with Gasteiger partial charge in [-0.25, -0.2) is 4.98 Å². The van der Waals surface area contributed by atoms with Gasteiger partial charge in [0.05, 0.1) is 29.7 Å². The second kappa shape index (κ2) is 10.1. The molecule has 12 heteroatoms.